The fourth-order valence-corrected chi connectivity index (χ4v) is 2.32. The van der Waals surface area contributed by atoms with Gasteiger partial charge in [0.05, 0.1) is 0 Å². The number of nitrogens with zero attached hydrogens (tertiary/aromatic N) is 1. The maximum absolute atomic E-state index is 11.4. The van der Waals surface area contributed by atoms with Crippen LogP contribution < -0.4 is 0 Å². The molecule has 0 saturated carbocycles. The molecular formula is C8H15NO3S. The van der Waals surface area contributed by atoms with Crippen LogP contribution in [0.4, 0.5) is 4.79 Å². The first-order valence-electron chi connectivity index (χ1n) is 4.35. The molecule has 0 aliphatic carbocycles. The molecule has 1 fully saturated rings. The van der Waals surface area contributed by atoms with Crippen LogP contribution in [0.1, 0.15) is 13.8 Å². The first kappa shape index (κ1) is 10.5. The monoisotopic (exact) mass is 205 g/mol. The van der Waals surface area contributed by atoms with Crippen LogP contribution in [-0.2, 0) is 10.8 Å². The first-order valence-corrected chi connectivity index (χ1v) is 5.74. The lowest BCUT2D eigenvalue weighted by molar-refractivity contribution is 0.0897. The molecule has 0 aromatic rings. The number of likely N-dealkylation sites (tertiary alicyclic amines) is 1. The summed E-state index contributed by atoms with van der Waals surface area (Å²) in [6, 6.07) is 0. The van der Waals surface area contributed by atoms with Crippen molar-refractivity contribution in [1.82, 2.24) is 4.90 Å². The highest BCUT2D eigenvalue weighted by Crippen LogP contribution is 2.17. The van der Waals surface area contributed by atoms with E-state index in [1.165, 1.54) is 4.90 Å². The maximum atomic E-state index is 11.4. The second-order valence-electron chi connectivity index (χ2n) is 3.65. The van der Waals surface area contributed by atoms with Gasteiger partial charge in [-0.15, -0.1) is 0 Å². The molecule has 1 rings (SSSR count). The van der Waals surface area contributed by atoms with E-state index in [2.05, 4.69) is 0 Å². The molecule has 1 amide bonds. The van der Waals surface area contributed by atoms with Gasteiger partial charge in [0, 0.05) is 40.8 Å². The van der Waals surface area contributed by atoms with Crippen molar-refractivity contribution in [1.29, 1.82) is 0 Å². The van der Waals surface area contributed by atoms with Crippen molar-refractivity contribution in [2.45, 2.75) is 19.1 Å². The summed E-state index contributed by atoms with van der Waals surface area (Å²) in [4.78, 5) is 11.7. The summed E-state index contributed by atoms with van der Waals surface area (Å²) >= 11 is 0. The lowest BCUT2D eigenvalue weighted by Crippen LogP contribution is -2.51. The molecule has 13 heavy (non-hydrogen) atoms. The minimum Gasteiger partial charge on any atom is -0.465 e. The molecule has 5 heteroatoms. The third-order valence-electron chi connectivity index (χ3n) is 2.15. The quantitative estimate of drug-likeness (QED) is 0.739. The maximum Gasteiger partial charge on any atom is 0.407 e. The lowest BCUT2D eigenvalue weighted by Gasteiger charge is -2.36. The second kappa shape index (κ2) is 4.09. The van der Waals surface area contributed by atoms with Crippen LogP contribution in [0.15, 0.2) is 0 Å². The standard InChI is InChI=1S/C8H15NO3S/c1-6(2)13(12)5-7-3-9(4-7)8(10)11/h6-7H,3-5H2,1-2H3,(H,10,11). The second-order valence-corrected chi connectivity index (χ2v) is 5.69. The minimum atomic E-state index is -0.869. The van der Waals surface area contributed by atoms with Crippen molar-refractivity contribution in [3.05, 3.63) is 0 Å². The Labute approximate surface area is 80.4 Å². The summed E-state index contributed by atoms with van der Waals surface area (Å²) < 4.78 is 11.4. The normalized spacial score (nSPS) is 20.1. The smallest absolute Gasteiger partial charge is 0.407 e. The molecule has 0 spiro atoms. The molecule has 0 bridgehead atoms. The van der Waals surface area contributed by atoms with Crippen molar-refractivity contribution in [2.24, 2.45) is 5.92 Å². The molecule has 1 saturated heterocycles. The fourth-order valence-electron chi connectivity index (χ4n) is 1.26. The highest BCUT2D eigenvalue weighted by Gasteiger charge is 2.31. The lowest BCUT2D eigenvalue weighted by atomic mass is 10.0. The van der Waals surface area contributed by atoms with Gasteiger partial charge in [0.2, 0.25) is 0 Å². The Morgan fingerprint density at radius 3 is 2.54 bits per heavy atom. The largest absolute Gasteiger partial charge is 0.465 e. The third kappa shape index (κ3) is 2.69. The highest BCUT2D eigenvalue weighted by molar-refractivity contribution is 7.85. The van der Waals surface area contributed by atoms with Crippen molar-refractivity contribution >= 4 is 16.9 Å². The number of amides is 1. The van der Waals surface area contributed by atoms with Crippen LogP contribution in [0, 0.1) is 5.92 Å². The zero-order valence-electron chi connectivity index (χ0n) is 7.90. The number of hydrogen-bond donors (Lipinski definition) is 1. The Morgan fingerprint density at radius 2 is 2.15 bits per heavy atom. The van der Waals surface area contributed by atoms with E-state index in [9.17, 15) is 9.00 Å². The zero-order valence-corrected chi connectivity index (χ0v) is 8.71. The zero-order chi connectivity index (χ0) is 10.0. The van der Waals surface area contributed by atoms with Crippen molar-refractivity contribution in [2.75, 3.05) is 18.8 Å². The molecule has 0 aromatic heterocycles. The van der Waals surface area contributed by atoms with E-state index < -0.39 is 16.9 Å². The van der Waals surface area contributed by atoms with Gasteiger partial charge in [-0.05, 0) is 0 Å². The molecule has 4 nitrogen and oxygen atoms in total. The van der Waals surface area contributed by atoms with Gasteiger partial charge < -0.3 is 10.0 Å². The van der Waals surface area contributed by atoms with E-state index in [-0.39, 0.29) is 5.25 Å². The van der Waals surface area contributed by atoms with Gasteiger partial charge in [0.15, 0.2) is 0 Å². The number of carbonyl (C=O) groups is 1. The molecule has 1 atom stereocenters. The summed E-state index contributed by atoms with van der Waals surface area (Å²) in [5.41, 5.74) is 0. The molecule has 0 aromatic carbocycles. The van der Waals surface area contributed by atoms with Crippen molar-refractivity contribution in [3.8, 4) is 0 Å². The molecule has 1 heterocycles. The van der Waals surface area contributed by atoms with E-state index in [0.717, 1.165) is 0 Å². The predicted octanol–water partition coefficient (Wildman–Crippen LogP) is 0.753. The SMILES string of the molecule is CC(C)S(=O)CC1CN(C(=O)O)C1. The van der Waals surface area contributed by atoms with E-state index >= 15 is 0 Å². The summed E-state index contributed by atoms with van der Waals surface area (Å²) in [5.74, 6) is 0.945. The van der Waals surface area contributed by atoms with E-state index in [4.69, 9.17) is 5.11 Å². The number of carboxylic acid groups (broad SMARTS) is 1. The van der Waals surface area contributed by atoms with E-state index in [1.54, 1.807) is 0 Å². The van der Waals surface area contributed by atoms with Gasteiger partial charge in [-0.2, -0.15) is 0 Å². The summed E-state index contributed by atoms with van der Waals surface area (Å²) in [5, 5.41) is 8.72. The van der Waals surface area contributed by atoms with Crippen molar-refractivity contribution in [3.63, 3.8) is 0 Å². The fraction of sp³-hybridized carbons (Fsp3) is 0.875. The molecular weight excluding hydrogens is 190 g/mol. The number of hydrogen-bond acceptors (Lipinski definition) is 2. The Balaban J connectivity index is 2.22. The minimum absolute atomic E-state index is 0.180. The Hall–Kier alpha value is -0.580. The van der Waals surface area contributed by atoms with Gasteiger partial charge in [-0.1, -0.05) is 13.8 Å². The van der Waals surface area contributed by atoms with Crippen molar-refractivity contribution < 1.29 is 14.1 Å². The first-order chi connectivity index (χ1) is 6.00. The van der Waals surface area contributed by atoms with Gasteiger partial charge in [-0.25, -0.2) is 4.79 Å². The van der Waals surface area contributed by atoms with E-state index in [1.807, 2.05) is 13.8 Å². The highest BCUT2D eigenvalue weighted by atomic mass is 32.2. The number of rotatable bonds is 3. The Morgan fingerprint density at radius 1 is 1.62 bits per heavy atom. The van der Waals surface area contributed by atoms with E-state index in [0.29, 0.717) is 24.8 Å². The molecule has 1 aliphatic heterocycles. The predicted molar refractivity (Wildman–Crippen MR) is 51.2 cm³/mol. The molecule has 1 aliphatic rings. The van der Waals surface area contributed by atoms with Crippen LogP contribution in [0.3, 0.4) is 0 Å². The van der Waals surface area contributed by atoms with Gasteiger partial charge >= 0.3 is 6.09 Å². The summed E-state index contributed by atoms with van der Waals surface area (Å²) in [6.07, 6.45) is -0.869. The molecule has 0 radical (unpaired) electrons. The Kier molecular flexibility index (Phi) is 3.30. The van der Waals surface area contributed by atoms with Gasteiger partial charge in [0.1, 0.15) is 0 Å². The Bertz CT molecular complexity index is 223. The van der Waals surface area contributed by atoms with Gasteiger partial charge in [0.25, 0.3) is 0 Å². The topological polar surface area (TPSA) is 57.6 Å². The average Bonchev–Trinajstić information content (AvgIpc) is 1.94. The van der Waals surface area contributed by atoms with Crippen LogP contribution in [0.2, 0.25) is 0 Å². The van der Waals surface area contributed by atoms with Gasteiger partial charge in [-0.3, -0.25) is 4.21 Å². The van der Waals surface area contributed by atoms with Crippen LogP contribution >= 0.6 is 0 Å². The summed E-state index contributed by atoms with van der Waals surface area (Å²) in [6.45, 7) is 4.94. The average molecular weight is 205 g/mol. The van der Waals surface area contributed by atoms with Crippen LogP contribution in [0.25, 0.3) is 0 Å². The molecule has 76 valence electrons. The van der Waals surface area contributed by atoms with Crippen LogP contribution in [0.5, 0.6) is 0 Å². The molecule has 1 N–H and O–H groups in total. The van der Waals surface area contributed by atoms with Crippen LogP contribution in [-0.4, -0.2) is 44.4 Å². The summed E-state index contributed by atoms with van der Waals surface area (Å²) in [7, 11) is -0.798. The third-order valence-corrected chi connectivity index (χ3v) is 4.00. The molecule has 1 unspecified atom stereocenters.